The van der Waals surface area contributed by atoms with E-state index >= 15 is 0 Å². The molecule has 12 heteroatoms. The van der Waals surface area contributed by atoms with Crippen molar-refractivity contribution < 1.29 is 32.5 Å². The van der Waals surface area contributed by atoms with E-state index in [-0.39, 0.29) is 29.5 Å². The molecule has 1 saturated carbocycles. The summed E-state index contributed by atoms with van der Waals surface area (Å²) in [5.74, 6) is -2.21. The minimum absolute atomic E-state index is 0.0257. The van der Waals surface area contributed by atoms with Gasteiger partial charge >= 0.3 is 0 Å². The summed E-state index contributed by atoms with van der Waals surface area (Å²) in [4.78, 5) is 39.8. The normalized spacial score (nSPS) is 16.2. The summed E-state index contributed by atoms with van der Waals surface area (Å²) < 4.78 is 37.0. The monoisotopic (exact) mass is 551 g/mol. The molecule has 2 aromatic carbocycles. The number of benzene rings is 2. The van der Waals surface area contributed by atoms with Crippen LogP contribution in [0.5, 0.6) is 11.5 Å². The highest BCUT2D eigenvalue weighted by Gasteiger charge is 2.31. The van der Waals surface area contributed by atoms with Gasteiger partial charge in [0.25, 0.3) is 0 Å². The van der Waals surface area contributed by atoms with E-state index in [1.54, 1.807) is 18.2 Å². The number of rotatable bonds is 9. The fourth-order valence-electron chi connectivity index (χ4n) is 4.30. The quantitative estimate of drug-likeness (QED) is 0.494. The summed E-state index contributed by atoms with van der Waals surface area (Å²) in [6, 6.07) is 7.55. The van der Waals surface area contributed by atoms with Crippen molar-refractivity contribution in [2.24, 2.45) is 0 Å². The third-order valence-electron chi connectivity index (χ3n) is 6.15. The lowest BCUT2D eigenvalue weighted by Crippen LogP contribution is -2.51. The maximum Gasteiger partial charge on any atom is 0.243 e. The number of carbonyl (C=O) groups is 3. The molecule has 2 aromatic rings. The zero-order valence-electron chi connectivity index (χ0n) is 20.1. The van der Waals surface area contributed by atoms with Gasteiger partial charge in [0.05, 0.1) is 5.02 Å². The average Bonchev–Trinajstić information content (AvgIpc) is 3.52. The van der Waals surface area contributed by atoms with Gasteiger partial charge in [-0.25, -0.2) is 4.39 Å². The van der Waals surface area contributed by atoms with E-state index in [1.165, 1.54) is 19.1 Å². The number of halogens is 2. The molecule has 1 aliphatic carbocycles. The maximum absolute atomic E-state index is 13.8. The number of hydrogen-bond acceptors (Lipinski definition) is 6. The van der Waals surface area contributed by atoms with Gasteiger partial charge in [-0.3, -0.25) is 23.5 Å². The van der Waals surface area contributed by atoms with Gasteiger partial charge in [-0.15, -0.1) is 0 Å². The number of nitrogens with one attached hydrogen (secondary N) is 2. The predicted molar refractivity (Wildman–Crippen MR) is 138 cm³/mol. The number of carbonyl (C=O) groups excluding carboxylic acids is 3. The van der Waals surface area contributed by atoms with Gasteiger partial charge in [0.2, 0.25) is 24.5 Å². The topological polar surface area (TPSA) is 114 Å². The van der Waals surface area contributed by atoms with Crippen LogP contribution in [0, 0.1) is 5.82 Å². The average molecular weight is 552 g/mol. The molecule has 2 aliphatic rings. The van der Waals surface area contributed by atoms with Crippen LogP contribution in [-0.2, 0) is 25.2 Å². The van der Waals surface area contributed by atoms with Gasteiger partial charge in [0.1, 0.15) is 23.4 Å². The fourth-order valence-corrected chi connectivity index (χ4v) is 5.36. The zero-order valence-corrected chi connectivity index (χ0v) is 21.7. The van der Waals surface area contributed by atoms with E-state index in [2.05, 4.69) is 10.6 Å². The van der Waals surface area contributed by atoms with Crippen molar-refractivity contribution >= 4 is 51.5 Å². The molecule has 37 heavy (non-hydrogen) atoms. The van der Waals surface area contributed by atoms with E-state index in [0.29, 0.717) is 17.2 Å². The number of hydrogen-bond donors (Lipinski definition) is 2. The number of ether oxygens (including phenoxy) is 2. The first kappa shape index (κ1) is 26.9. The molecular formula is C25H27ClFN3O6S. The van der Waals surface area contributed by atoms with Crippen LogP contribution in [0.1, 0.15) is 32.6 Å². The van der Waals surface area contributed by atoms with Gasteiger partial charge in [0.15, 0.2) is 11.5 Å². The van der Waals surface area contributed by atoms with Crippen LogP contribution < -0.4 is 25.0 Å². The Labute approximate surface area is 221 Å². The van der Waals surface area contributed by atoms with Crippen molar-refractivity contribution in [3.8, 4) is 11.5 Å². The first-order valence-electron chi connectivity index (χ1n) is 11.8. The molecule has 0 aromatic heterocycles. The SMILES string of the molecule is C[C@H](C(=O)NC1CCCC1)N(C(=O)C[S@](=O)CC(=O)Nc1ccc2c(c1)OCO2)c1ccc(F)c(Cl)c1. The molecule has 0 spiro atoms. The van der Waals surface area contributed by atoms with Crippen molar-refractivity contribution in [3.05, 3.63) is 47.2 Å². The van der Waals surface area contributed by atoms with Crippen LogP contribution in [0.3, 0.4) is 0 Å². The number of fused-ring (bicyclic) bond motifs is 1. The lowest BCUT2D eigenvalue weighted by atomic mass is 10.1. The second kappa shape index (κ2) is 11.9. The van der Waals surface area contributed by atoms with Crippen LogP contribution in [0.4, 0.5) is 15.8 Å². The number of nitrogens with zero attached hydrogens (tertiary/aromatic N) is 1. The van der Waals surface area contributed by atoms with E-state index in [9.17, 15) is 23.0 Å². The minimum atomic E-state index is -1.89. The molecule has 9 nitrogen and oxygen atoms in total. The molecule has 1 aliphatic heterocycles. The second-order valence-corrected chi connectivity index (χ2v) is 10.7. The smallest absolute Gasteiger partial charge is 0.243 e. The van der Waals surface area contributed by atoms with Crippen molar-refractivity contribution in [2.45, 2.75) is 44.7 Å². The van der Waals surface area contributed by atoms with Crippen LogP contribution in [0.25, 0.3) is 0 Å². The van der Waals surface area contributed by atoms with Gasteiger partial charge in [-0.2, -0.15) is 0 Å². The number of amides is 3. The van der Waals surface area contributed by atoms with E-state index in [1.807, 2.05) is 0 Å². The van der Waals surface area contributed by atoms with E-state index in [4.69, 9.17) is 21.1 Å². The van der Waals surface area contributed by atoms with Crippen LogP contribution in [0.15, 0.2) is 36.4 Å². The maximum atomic E-state index is 13.8. The Kier molecular flexibility index (Phi) is 8.65. The first-order chi connectivity index (χ1) is 17.7. The van der Waals surface area contributed by atoms with Crippen molar-refractivity contribution in [2.75, 3.05) is 28.5 Å². The Morgan fingerprint density at radius 1 is 1.11 bits per heavy atom. The second-order valence-electron chi connectivity index (χ2n) is 8.87. The number of anilines is 2. The fraction of sp³-hybridized carbons (Fsp3) is 0.400. The molecular weight excluding hydrogens is 525 g/mol. The summed E-state index contributed by atoms with van der Waals surface area (Å²) in [7, 11) is -1.89. The van der Waals surface area contributed by atoms with Gasteiger partial charge in [-0.1, -0.05) is 24.4 Å². The zero-order chi connectivity index (χ0) is 26.5. The molecule has 3 amide bonds. The van der Waals surface area contributed by atoms with E-state index < -0.39 is 46.0 Å². The van der Waals surface area contributed by atoms with Gasteiger partial charge in [-0.05, 0) is 50.1 Å². The minimum Gasteiger partial charge on any atom is -0.454 e. The van der Waals surface area contributed by atoms with Crippen LogP contribution in [-0.4, -0.2) is 52.3 Å². The standard InChI is InChI=1S/C25H27ClFN3O6S/c1-15(25(33)29-16-4-2-3-5-16)30(18-7-8-20(27)19(26)11-18)24(32)13-37(34)12-23(31)28-17-6-9-21-22(10-17)36-14-35-21/h6-11,15-16H,2-5,12-14H2,1H3,(H,28,31)(H,29,33)/t15-,37-/m1/s1. The Bertz CT molecular complexity index is 1220. The molecule has 198 valence electrons. The molecule has 2 N–H and O–H groups in total. The third-order valence-corrected chi connectivity index (χ3v) is 7.59. The largest absolute Gasteiger partial charge is 0.454 e. The molecule has 0 saturated heterocycles. The predicted octanol–water partition coefficient (Wildman–Crippen LogP) is 3.38. The summed E-state index contributed by atoms with van der Waals surface area (Å²) in [6.07, 6.45) is 3.75. The Morgan fingerprint density at radius 2 is 1.84 bits per heavy atom. The summed E-state index contributed by atoms with van der Waals surface area (Å²) >= 11 is 5.93. The molecule has 0 unspecified atom stereocenters. The van der Waals surface area contributed by atoms with Crippen LogP contribution in [0.2, 0.25) is 5.02 Å². The van der Waals surface area contributed by atoms with Crippen molar-refractivity contribution in [1.82, 2.24) is 5.32 Å². The highest BCUT2D eigenvalue weighted by atomic mass is 35.5. The Balaban J connectivity index is 1.42. The highest BCUT2D eigenvalue weighted by molar-refractivity contribution is 7.86. The summed E-state index contributed by atoms with van der Waals surface area (Å²) in [6.45, 7) is 1.63. The molecule has 4 rings (SSSR count). The Hall–Kier alpha value is -3.18. The van der Waals surface area contributed by atoms with Crippen molar-refractivity contribution in [3.63, 3.8) is 0 Å². The lowest BCUT2D eigenvalue weighted by molar-refractivity contribution is -0.125. The third kappa shape index (κ3) is 6.78. The van der Waals surface area contributed by atoms with Crippen LogP contribution >= 0.6 is 11.6 Å². The molecule has 2 atom stereocenters. The highest BCUT2D eigenvalue weighted by Crippen LogP contribution is 2.34. The van der Waals surface area contributed by atoms with Crippen molar-refractivity contribution in [1.29, 1.82) is 0 Å². The Morgan fingerprint density at radius 3 is 2.57 bits per heavy atom. The first-order valence-corrected chi connectivity index (χ1v) is 13.7. The summed E-state index contributed by atoms with van der Waals surface area (Å²) in [5.41, 5.74) is 0.615. The van der Waals surface area contributed by atoms with E-state index in [0.717, 1.165) is 36.6 Å². The lowest BCUT2D eigenvalue weighted by Gasteiger charge is -2.29. The molecule has 1 fully saturated rings. The van der Waals surface area contributed by atoms with Gasteiger partial charge in [0, 0.05) is 34.3 Å². The summed E-state index contributed by atoms with van der Waals surface area (Å²) in [5, 5.41) is 5.34. The molecule has 0 bridgehead atoms. The molecule has 0 radical (unpaired) electrons. The molecule has 1 heterocycles. The van der Waals surface area contributed by atoms with Gasteiger partial charge < -0.3 is 20.1 Å².